The Bertz CT molecular complexity index is 460. The van der Waals surface area contributed by atoms with Crippen LogP contribution in [0.25, 0.3) is 0 Å². The van der Waals surface area contributed by atoms with E-state index in [2.05, 4.69) is 27.3 Å². The molecule has 19 heavy (non-hydrogen) atoms. The van der Waals surface area contributed by atoms with Gasteiger partial charge >= 0.3 is 0 Å². The van der Waals surface area contributed by atoms with Crippen LogP contribution < -0.4 is 14.8 Å². The van der Waals surface area contributed by atoms with Gasteiger partial charge in [0.05, 0.1) is 10.6 Å². The van der Waals surface area contributed by atoms with E-state index in [0.717, 1.165) is 42.0 Å². The molecule has 0 spiro atoms. The number of ether oxygens (including phenoxy) is 3. The van der Waals surface area contributed by atoms with E-state index < -0.39 is 0 Å². The minimum atomic E-state index is 0.309. The summed E-state index contributed by atoms with van der Waals surface area (Å²) in [5.41, 5.74) is 1.20. The third-order valence-electron chi connectivity index (χ3n) is 3.58. The average Bonchev–Trinajstić information content (AvgIpc) is 2.80. The predicted octanol–water partition coefficient (Wildman–Crippen LogP) is 2.83. The van der Waals surface area contributed by atoms with Gasteiger partial charge in [-0.1, -0.05) is 0 Å². The van der Waals surface area contributed by atoms with E-state index in [9.17, 15) is 0 Å². The summed E-state index contributed by atoms with van der Waals surface area (Å²) in [6.07, 6.45) is 2.67. The number of hydrogen-bond donors (Lipinski definition) is 1. The van der Waals surface area contributed by atoms with Crippen molar-refractivity contribution in [3.63, 3.8) is 0 Å². The van der Waals surface area contributed by atoms with Gasteiger partial charge in [0.15, 0.2) is 11.5 Å². The first-order valence-electron chi connectivity index (χ1n) is 6.69. The minimum absolute atomic E-state index is 0.309. The SMILES string of the molecule is CCOC1CC(NCc2cc(Br)c3c(c2)OCO3)C1. The van der Waals surface area contributed by atoms with Gasteiger partial charge in [-0.2, -0.15) is 0 Å². The van der Waals surface area contributed by atoms with E-state index in [0.29, 0.717) is 18.9 Å². The second-order valence-electron chi connectivity index (χ2n) is 4.94. The number of nitrogens with one attached hydrogen (secondary N) is 1. The van der Waals surface area contributed by atoms with Gasteiger partial charge in [-0.05, 0) is 53.4 Å². The highest BCUT2D eigenvalue weighted by Crippen LogP contribution is 2.40. The van der Waals surface area contributed by atoms with Crippen LogP contribution in [0.3, 0.4) is 0 Å². The Kier molecular flexibility index (Phi) is 3.96. The molecule has 0 amide bonds. The topological polar surface area (TPSA) is 39.7 Å². The number of benzene rings is 1. The van der Waals surface area contributed by atoms with Gasteiger partial charge in [-0.25, -0.2) is 0 Å². The molecule has 1 heterocycles. The van der Waals surface area contributed by atoms with Crippen LogP contribution in [0.2, 0.25) is 0 Å². The molecule has 2 aliphatic rings. The van der Waals surface area contributed by atoms with E-state index in [1.165, 1.54) is 5.56 Å². The van der Waals surface area contributed by atoms with Crippen molar-refractivity contribution in [3.8, 4) is 11.5 Å². The van der Waals surface area contributed by atoms with Gasteiger partial charge in [0.1, 0.15) is 0 Å². The molecule has 3 rings (SSSR count). The largest absolute Gasteiger partial charge is 0.454 e. The van der Waals surface area contributed by atoms with Crippen LogP contribution in [0.1, 0.15) is 25.3 Å². The summed E-state index contributed by atoms with van der Waals surface area (Å²) in [5, 5.41) is 3.54. The van der Waals surface area contributed by atoms with Crippen LogP contribution in [0.15, 0.2) is 16.6 Å². The molecule has 1 fully saturated rings. The van der Waals surface area contributed by atoms with Gasteiger partial charge in [0.2, 0.25) is 6.79 Å². The Morgan fingerprint density at radius 1 is 1.37 bits per heavy atom. The van der Waals surface area contributed by atoms with Crippen LogP contribution in [0.4, 0.5) is 0 Å². The van der Waals surface area contributed by atoms with Gasteiger partial charge < -0.3 is 19.5 Å². The molecule has 0 bridgehead atoms. The zero-order valence-corrected chi connectivity index (χ0v) is 12.5. The molecular formula is C14H18BrNO3. The molecule has 0 aromatic heterocycles. The summed E-state index contributed by atoms with van der Waals surface area (Å²) in [7, 11) is 0. The molecule has 1 aliphatic carbocycles. The molecule has 1 N–H and O–H groups in total. The standard InChI is InChI=1S/C14H18BrNO3/c1-2-17-11-5-10(6-11)16-7-9-3-12(15)14-13(4-9)18-8-19-14/h3-4,10-11,16H,2,5-8H2,1H3. The molecular weight excluding hydrogens is 310 g/mol. The zero-order valence-electron chi connectivity index (χ0n) is 10.9. The molecule has 104 valence electrons. The van der Waals surface area contributed by atoms with E-state index in [4.69, 9.17) is 14.2 Å². The molecule has 5 heteroatoms. The molecule has 0 radical (unpaired) electrons. The Labute approximate surface area is 121 Å². The summed E-state index contributed by atoms with van der Waals surface area (Å²) in [6, 6.07) is 4.69. The van der Waals surface area contributed by atoms with Crippen molar-refractivity contribution in [1.29, 1.82) is 0 Å². The lowest BCUT2D eigenvalue weighted by atomic mass is 9.89. The third kappa shape index (κ3) is 2.88. The van der Waals surface area contributed by atoms with Crippen molar-refractivity contribution in [2.24, 2.45) is 0 Å². The Morgan fingerprint density at radius 2 is 2.21 bits per heavy atom. The molecule has 0 saturated heterocycles. The number of hydrogen-bond acceptors (Lipinski definition) is 4. The van der Waals surface area contributed by atoms with E-state index in [1.54, 1.807) is 0 Å². The van der Waals surface area contributed by atoms with Crippen LogP contribution in [-0.2, 0) is 11.3 Å². The molecule has 4 nitrogen and oxygen atoms in total. The normalized spacial score (nSPS) is 24.3. The smallest absolute Gasteiger partial charge is 0.231 e. The van der Waals surface area contributed by atoms with Crippen molar-refractivity contribution < 1.29 is 14.2 Å². The molecule has 0 atom stereocenters. The fraction of sp³-hybridized carbons (Fsp3) is 0.571. The molecule has 0 unspecified atom stereocenters. The fourth-order valence-electron chi connectivity index (χ4n) is 2.49. The van der Waals surface area contributed by atoms with Crippen LogP contribution in [0, 0.1) is 0 Å². The maximum Gasteiger partial charge on any atom is 0.231 e. The molecule has 1 aromatic rings. The highest BCUT2D eigenvalue weighted by atomic mass is 79.9. The number of halogens is 1. The van der Waals surface area contributed by atoms with E-state index in [-0.39, 0.29) is 0 Å². The maximum absolute atomic E-state index is 5.56. The average molecular weight is 328 g/mol. The van der Waals surface area contributed by atoms with Crippen molar-refractivity contribution >= 4 is 15.9 Å². The Hall–Kier alpha value is -0.780. The fourth-order valence-corrected chi connectivity index (χ4v) is 3.09. The second-order valence-corrected chi connectivity index (χ2v) is 5.79. The Morgan fingerprint density at radius 3 is 3.00 bits per heavy atom. The van der Waals surface area contributed by atoms with Crippen molar-refractivity contribution in [1.82, 2.24) is 5.32 Å². The minimum Gasteiger partial charge on any atom is -0.454 e. The second kappa shape index (κ2) is 5.69. The Balaban J connectivity index is 1.53. The van der Waals surface area contributed by atoms with Crippen molar-refractivity contribution in [2.75, 3.05) is 13.4 Å². The van der Waals surface area contributed by atoms with Crippen molar-refractivity contribution in [2.45, 2.75) is 38.5 Å². The first-order valence-corrected chi connectivity index (χ1v) is 7.48. The lowest BCUT2D eigenvalue weighted by Gasteiger charge is -2.35. The van der Waals surface area contributed by atoms with Crippen LogP contribution in [-0.4, -0.2) is 25.5 Å². The van der Waals surface area contributed by atoms with Crippen molar-refractivity contribution in [3.05, 3.63) is 22.2 Å². The van der Waals surface area contributed by atoms with E-state index >= 15 is 0 Å². The zero-order chi connectivity index (χ0) is 13.2. The quantitative estimate of drug-likeness (QED) is 0.902. The third-order valence-corrected chi connectivity index (χ3v) is 4.17. The molecule has 1 aromatic carbocycles. The summed E-state index contributed by atoms with van der Waals surface area (Å²) in [6.45, 7) is 4.01. The molecule has 1 saturated carbocycles. The molecule has 1 aliphatic heterocycles. The lowest BCUT2D eigenvalue weighted by Crippen LogP contribution is -2.45. The summed E-state index contributed by atoms with van der Waals surface area (Å²) >= 11 is 3.51. The van der Waals surface area contributed by atoms with E-state index in [1.807, 2.05) is 13.0 Å². The first kappa shape index (κ1) is 13.2. The van der Waals surface area contributed by atoms with Crippen LogP contribution in [0.5, 0.6) is 11.5 Å². The van der Waals surface area contributed by atoms with Gasteiger partial charge in [0, 0.05) is 19.2 Å². The highest BCUT2D eigenvalue weighted by molar-refractivity contribution is 9.10. The summed E-state index contributed by atoms with van der Waals surface area (Å²) in [4.78, 5) is 0. The van der Waals surface area contributed by atoms with Gasteiger partial charge in [0.25, 0.3) is 0 Å². The van der Waals surface area contributed by atoms with Gasteiger partial charge in [-0.15, -0.1) is 0 Å². The van der Waals surface area contributed by atoms with Crippen LogP contribution >= 0.6 is 15.9 Å². The maximum atomic E-state index is 5.56. The first-order chi connectivity index (χ1) is 9.26. The highest BCUT2D eigenvalue weighted by Gasteiger charge is 2.29. The predicted molar refractivity (Wildman–Crippen MR) is 75.5 cm³/mol. The summed E-state index contributed by atoms with van der Waals surface area (Å²) in [5.74, 6) is 1.63. The summed E-state index contributed by atoms with van der Waals surface area (Å²) < 4.78 is 17.3. The number of fused-ring (bicyclic) bond motifs is 1. The number of rotatable bonds is 5. The van der Waals surface area contributed by atoms with Gasteiger partial charge in [-0.3, -0.25) is 0 Å². The lowest BCUT2D eigenvalue weighted by molar-refractivity contribution is -0.0102. The monoisotopic (exact) mass is 327 g/mol.